The fourth-order valence-electron chi connectivity index (χ4n) is 5.85. The summed E-state index contributed by atoms with van der Waals surface area (Å²) in [6.45, 7) is 1.69. The number of carbonyl (C=O) groups excluding carboxylic acids is 1. The van der Waals surface area contributed by atoms with Gasteiger partial charge in [0, 0.05) is 11.1 Å². The Morgan fingerprint density at radius 3 is 2.54 bits per heavy atom. The minimum absolute atomic E-state index is 0.0717. The highest BCUT2D eigenvalue weighted by molar-refractivity contribution is 7.99. The maximum absolute atomic E-state index is 13.6. The Labute approximate surface area is 167 Å². The molecule has 7 heteroatoms. The number of thioether (sulfide) groups is 1. The van der Waals surface area contributed by atoms with Crippen molar-refractivity contribution in [1.29, 1.82) is 0 Å². The summed E-state index contributed by atoms with van der Waals surface area (Å²) >= 11 is 1.23. The molecule has 148 valence electrons. The molecule has 1 heterocycles. The number of benzene rings is 1. The number of carbonyl (C=O) groups is 1. The molecule has 4 fully saturated rings. The van der Waals surface area contributed by atoms with Crippen molar-refractivity contribution in [3.63, 3.8) is 0 Å². The fraction of sp³-hybridized carbons (Fsp3) is 0.571. The van der Waals surface area contributed by atoms with Crippen molar-refractivity contribution >= 4 is 23.4 Å². The predicted molar refractivity (Wildman–Crippen MR) is 105 cm³/mol. The lowest BCUT2D eigenvalue weighted by molar-refractivity contribution is -0.113. The molecule has 1 amide bonds. The molecule has 4 aliphatic carbocycles. The number of amides is 1. The Morgan fingerprint density at radius 1 is 1.21 bits per heavy atom. The monoisotopic (exact) mass is 401 g/mol. The van der Waals surface area contributed by atoms with Gasteiger partial charge in [0.05, 0.1) is 5.75 Å². The number of nitrogens with zero attached hydrogens (tertiary/aromatic N) is 2. The molecule has 0 unspecified atom stereocenters. The second kappa shape index (κ2) is 6.87. The Balaban J connectivity index is 1.21. The van der Waals surface area contributed by atoms with Crippen molar-refractivity contribution in [1.82, 2.24) is 10.2 Å². The Kier molecular flexibility index (Phi) is 4.45. The van der Waals surface area contributed by atoms with Gasteiger partial charge in [-0.3, -0.25) is 4.79 Å². The van der Waals surface area contributed by atoms with Crippen LogP contribution in [0.3, 0.4) is 0 Å². The van der Waals surface area contributed by atoms with Crippen LogP contribution in [0.2, 0.25) is 0 Å². The van der Waals surface area contributed by atoms with E-state index in [9.17, 15) is 9.18 Å². The molecule has 0 radical (unpaired) electrons. The minimum Gasteiger partial charge on any atom is -0.415 e. The standard InChI is InChI=1S/C21H24FN3O2S/c1-12-2-3-16(7-17(12)22)23-18(26)11-28-20-25-24-19(27-20)21-8-13-4-14(9-21)6-15(5-13)10-21/h2-3,7,13-15H,4-6,8-11H2,1H3,(H,23,26). The van der Waals surface area contributed by atoms with E-state index in [-0.39, 0.29) is 22.9 Å². The van der Waals surface area contributed by atoms with E-state index in [0.717, 1.165) is 23.6 Å². The number of hydrogen-bond donors (Lipinski definition) is 1. The molecule has 0 aliphatic heterocycles. The predicted octanol–water partition coefficient (Wildman–Crippen LogP) is 4.72. The normalized spacial score (nSPS) is 30.6. The van der Waals surface area contributed by atoms with Crippen LogP contribution >= 0.6 is 11.8 Å². The summed E-state index contributed by atoms with van der Waals surface area (Å²) in [7, 11) is 0. The maximum atomic E-state index is 13.6. The van der Waals surface area contributed by atoms with E-state index in [1.165, 1.54) is 56.4 Å². The first-order valence-electron chi connectivity index (χ1n) is 10.0. The molecule has 28 heavy (non-hydrogen) atoms. The van der Waals surface area contributed by atoms with Crippen LogP contribution in [0.1, 0.15) is 50.0 Å². The molecule has 4 saturated carbocycles. The number of nitrogens with one attached hydrogen (secondary N) is 1. The van der Waals surface area contributed by atoms with Gasteiger partial charge in [-0.05, 0) is 80.9 Å². The van der Waals surface area contributed by atoms with Gasteiger partial charge in [-0.2, -0.15) is 0 Å². The first kappa shape index (κ1) is 18.2. The molecule has 4 aliphatic rings. The van der Waals surface area contributed by atoms with Crippen LogP contribution in [0.4, 0.5) is 10.1 Å². The Morgan fingerprint density at radius 2 is 1.89 bits per heavy atom. The van der Waals surface area contributed by atoms with Gasteiger partial charge in [-0.25, -0.2) is 4.39 Å². The van der Waals surface area contributed by atoms with Crippen molar-refractivity contribution in [3.8, 4) is 0 Å². The smallest absolute Gasteiger partial charge is 0.277 e. The van der Waals surface area contributed by atoms with Crippen LogP contribution in [0.5, 0.6) is 0 Å². The number of aryl methyl sites for hydroxylation is 1. The number of hydrogen-bond acceptors (Lipinski definition) is 5. The molecule has 0 saturated heterocycles. The SMILES string of the molecule is Cc1ccc(NC(=O)CSc2nnc(C34CC5CC(CC(C5)C3)C4)o2)cc1F. The van der Waals surface area contributed by atoms with Crippen LogP contribution in [0.15, 0.2) is 27.8 Å². The Bertz CT molecular complexity index is 878. The van der Waals surface area contributed by atoms with Crippen molar-refractivity contribution in [3.05, 3.63) is 35.5 Å². The summed E-state index contributed by atoms with van der Waals surface area (Å²) in [6.07, 6.45) is 7.62. The molecule has 6 rings (SSSR count). The molecule has 1 aromatic heterocycles. The number of rotatable bonds is 5. The molecular formula is C21H24FN3O2S. The number of anilines is 1. The van der Waals surface area contributed by atoms with Gasteiger partial charge in [0.1, 0.15) is 5.82 Å². The van der Waals surface area contributed by atoms with Crippen LogP contribution in [0, 0.1) is 30.5 Å². The summed E-state index contributed by atoms with van der Waals surface area (Å²) in [6, 6.07) is 4.67. The molecule has 5 nitrogen and oxygen atoms in total. The molecular weight excluding hydrogens is 377 g/mol. The lowest BCUT2D eigenvalue weighted by atomic mass is 9.49. The minimum atomic E-state index is -0.331. The second-order valence-corrected chi connectivity index (χ2v) is 9.80. The zero-order chi connectivity index (χ0) is 19.3. The summed E-state index contributed by atoms with van der Waals surface area (Å²) in [5, 5.41) is 11.7. The average molecular weight is 402 g/mol. The van der Waals surface area contributed by atoms with E-state index < -0.39 is 0 Å². The van der Waals surface area contributed by atoms with Gasteiger partial charge >= 0.3 is 0 Å². The van der Waals surface area contributed by atoms with Crippen LogP contribution in [0.25, 0.3) is 0 Å². The van der Waals surface area contributed by atoms with Crippen LogP contribution < -0.4 is 5.32 Å². The highest BCUT2D eigenvalue weighted by Crippen LogP contribution is 2.60. The lowest BCUT2D eigenvalue weighted by Gasteiger charge is -2.55. The van der Waals surface area contributed by atoms with Crippen molar-refractivity contribution in [2.75, 3.05) is 11.1 Å². The first-order valence-corrected chi connectivity index (χ1v) is 11.0. The quantitative estimate of drug-likeness (QED) is 0.735. The molecule has 2 aromatic rings. The summed E-state index contributed by atoms with van der Waals surface area (Å²) < 4.78 is 19.6. The van der Waals surface area contributed by atoms with Crippen molar-refractivity contribution in [2.45, 2.75) is 56.1 Å². The number of aromatic nitrogens is 2. The van der Waals surface area contributed by atoms with Gasteiger partial charge in [-0.1, -0.05) is 17.8 Å². The summed E-state index contributed by atoms with van der Waals surface area (Å²) in [5.74, 6) is 2.82. The molecule has 1 aromatic carbocycles. The van der Waals surface area contributed by atoms with Gasteiger partial charge in [0.2, 0.25) is 11.8 Å². The molecule has 4 bridgehead atoms. The second-order valence-electron chi connectivity index (χ2n) is 8.87. The maximum Gasteiger partial charge on any atom is 0.277 e. The topological polar surface area (TPSA) is 68.0 Å². The third kappa shape index (κ3) is 3.34. The van der Waals surface area contributed by atoms with E-state index >= 15 is 0 Å². The third-order valence-electron chi connectivity index (χ3n) is 6.68. The van der Waals surface area contributed by atoms with E-state index in [4.69, 9.17) is 4.42 Å². The van der Waals surface area contributed by atoms with E-state index in [1.807, 2.05) is 0 Å². The van der Waals surface area contributed by atoms with Crippen molar-refractivity contribution < 1.29 is 13.6 Å². The molecule has 0 spiro atoms. The molecule has 0 atom stereocenters. The fourth-order valence-corrected chi connectivity index (χ4v) is 6.41. The average Bonchev–Trinajstić information content (AvgIpc) is 3.12. The third-order valence-corrected chi connectivity index (χ3v) is 7.50. The van der Waals surface area contributed by atoms with Gasteiger partial charge < -0.3 is 9.73 Å². The molecule has 1 N–H and O–H groups in total. The van der Waals surface area contributed by atoms with Crippen molar-refractivity contribution in [2.24, 2.45) is 17.8 Å². The van der Waals surface area contributed by atoms with E-state index in [1.54, 1.807) is 19.1 Å². The lowest BCUT2D eigenvalue weighted by Crippen LogP contribution is -2.48. The zero-order valence-corrected chi connectivity index (χ0v) is 16.7. The van der Waals surface area contributed by atoms with Crippen LogP contribution in [-0.2, 0) is 10.2 Å². The van der Waals surface area contributed by atoms with Gasteiger partial charge in [-0.15, -0.1) is 10.2 Å². The highest BCUT2D eigenvalue weighted by atomic mass is 32.2. The summed E-state index contributed by atoms with van der Waals surface area (Å²) in [4.78, 5) is 12.2. The zero-order valence-electron chi connectivity index (χ0n) is 15.9. The Hall–Kier alpha value is -1.89. The van der Waals surface area contributed by atoms with Crippen LogP contribution in [-0.4, -0.2) is 21.9 Å². The van der Waals surface area contributed by atoms with Gasteiger partial charge in [0.25, 0.3) is 5.22 Å². The van der Waals surface area contributed by atoms with E-state index in [0.29, 0.717) is 16.5 Å². The summed E-state index contributed by atoms with van der Waals surface area (Å²) in [5.41, 5.74) is 1.08. The van der Waals surface area contributed by atoms with E-state index in [2.05, 4.69) is 15.5 Å². The van der Waals surface area contributed by atoms with Gasteiger partial charge in [0.15, 0.2) is 0 Å². The highest BCUT2D eigenvalue weighted by Gasteiger charge is 2.54. The number of halogens is 1. The first-order chi connectivity index (χ1) is 13.5. The largest absolute Gasteiger partial charge is 0.415 e.